The molecule has 1 aromatic rings. The fourth-order valence-electron chi connectivity index (χ4n) is 1.24. The highest BCUT2D eigenvalue weighted by Crippen LogP contribution is 2.12. The first-order valence-corrected chi connectivity index (χ1v) is 5.98. The molecule has 0 aromatic heterocycles. The summed E-state index contributed by atoms with van der Waals surface area (Å²) in [5.41, 5.74) is 4.71. The fraction of sp³-hybridized carbons (Fsp3) is 0.308. The van der Waals surface area contributed by atoms with Crippen molar-refractivity contribution >= 4 is 17.8 Å². The average molecular weight is 280 g/mol. The van der Waals surface area contributed by atoms with Gasteiger partial charge in [-0.1, -0.05) is 0 Å². The van der Waals surface area contributed by atoms with E-state index in [1.54, 1.807) is 31.2 Å². The number of rotatable bonds is 5. The van der Waals surface area contributed by atoms with E-state index < -0.39 is 11.9 Å². The fourth-order valence-corrected chi connectivity index (χ4v) is 1.24. The number of hydrogen-bond donors (Lipinski definition) is 2. The van der Waals surface area contributed by atoms with E-state index in [1.807, 2.05) is 0 Å². The number of hydrogen-bond acceptors (Lipinski definition) is 5. The van der Waals surface area contributed by atoms with E-state index in [-0.39, 0.29) is 12.5 Å². The van der Waals surface area contributed by atoms with Crippen molar-refractivity contribution in [3.63, 3.8) is 0 Å². The van der Waals surface area contributed by atoms with Crippen LogP contribution in [-0.2, 0) is 14.3 Å². The third kappa shape index (κ3) is 5.38. The van der Waals surface area contributed by atoms with Crippen molar-refractivity contribution in [2.75, 3.05) is 13.2 Å². The minimum atomic E-state index is -0.491. The molecule has 0 bridgehead atoms. The molecule has 20 heavy (non-hydrogen) atoms. The second kappa shape index (κ2) is 7.78. The SMILES string of the molecule is CCOC(=O)c1ccc(OCC(=O)NNC(C)=O)cc1. The van der Waals surface area contributed by atoms with Crippen molar-refractivity contribution in [2.24, 2.45) is 0 Å². The minimum Gasteiger partial charge on any atom is -0.484 e. The number of hydrazine groups is 1. The Morgan fingerprint density at radius 1 is 1.10 bits per heavy atom. The molecule has 1 aromatic carbocycles. The Labute approximate surface area is 116 Å². The van der Waals surface area contributed by atoms with Gasteiger partial charge in [-0.15, -0.1) is 0 Å². The first-order chi connectivity index (χ1) is 9.52. The van der Waals surface area contributed by atoms with Crippen molar-refractivity contribution < 1.29 is 23.9 Å². The molecule has 0 saturated heterocycles. The summed E-state index contributed by atoms with van der Waals surface area (Å²) >= 11 is 0. The van der Waals surface area contributed by atoms with Crippen molar-refractivity contribution in [2.45, 2.75) is 13.8 Å². The highest BCUT2D eigenvalue weighted by molar-refractivity contribution is 5.89. The lowest BCUT2D eigenvalue weighted by Gasteiger charge is -2.08. The second-order valence-corrected chi connectivity index (χ2v) is 3.76. The first kappa shape index (κ1) is 15.5. The van der Waals surface area contributed by atoms with Gasteiger partial charge in [-0.2, -0.15) is 0 Å². The lowest BCUT2D eigenvalue weighted by molar-refractivity contribution is -0.129. The number of esters is 1. The lowest BCUT2D eigenvalue weighted by Crippen LogP contribution is -2.42. The molecule has 0 fully saturated rings. The van der Waals surface area contributed by atoms with Crippen LogP contribution in [0.2, 0.25) is 0 Å². The zero-order chi connectivity index (χ0) is 15.0. The van der Waals surface area contributed by atoms with Crippen LogP contribution in [0, 0.1) is 0 Å². The summed E-state index contributed by atoms with van der Waals surface area (Å²) in [6, 6.07) is 6.19. The van der Waals surface area contributed by atoms with Crippen molar-refractivity contribution in [3.05, 3.63) is 29.8 Å². The van der Waals surface area contributed by atoms with Crippen LogP contribution < -0.4 is 15.6 Å². The van der Waals surface area contributed by atoms with Crippen LogP contribution in [-0.4, -0.2) is 31.0 Å². The molecule has 0 spiro atoms. The van der Waals surface area contributed by atoms with Crippen LogP contribution in [0.15, 0.2) is 24.3 Å². The van der Waals surface area contributed by atoms with Gasteiger partial charge in [0.2, 0.25) is 5.91 Å². The number of benzene rings is 1. The highest BCUT2D eigenvalue weighted by atomic mass is 16.5. The molecule has 0 saturated carbocycles. The molecule has 0 atom stereocenters. The molecule has 1 rings (SSSR count). The van der Waals surface area contributed by atoms with Gasteiger partial charge in [0, 0.05) is 6.92 Å². The van der Waals surface area contributed by atoms with Gasteiger partial charge < -0.3 is 9.47 Å². The minimum absolute atomic E-state index is 0.251. The first-order valence-electron chi connectivity index (χ1n) is 5.98. The highest BCUT2D eigenvalue weighted by Gasteiger charge is 2.07. The Bertz CT molecular complexity index is 484. The number of carbonyl (C=O) groups is 3. The Morgan fingerprint density at radius 2 is 1.75 bits per heavy atom. The second-order valence-electron chi connectivity index (χ2n) is 3.76. The molecule has 0 aliphatic carbocycles. The summed E-state index contributed by atoms with van der Waals surface area (Å²) < 4.78 is 10.0. The normalized spacial score (nSPS) is 9.50. The summed E-state index contributed by atoms with van der Waals surface area (Å²) in [5, 5.41) is 0. The number of ether oxygens (including phenoxy) is 2. The summed E-state index contributed by atoms with van der Waals surface area (Å²) in [5.74, 6) is -0.856. The van der Waals surface area contributed by atoms with Gasteiger partial charge in [-0.05, 0) is 31.2 Å². The van der Waals surface area contributed by atoms with E-state index in [2.05, 4.69) is 10.9 Å². The summed E-state index contributed by atoms with van der Waals surface area (Å²) in [6.45, 7) is 3.05. The van der Waals surface area contributed by atoms with Crippen LogP contribution in [0.3, 0.4) is 0 Å². The molecular formula is C13H16N2O5. The largest absolute Gasteiger partial charge is 0.484 e. The monoisotopic (exact) mass is 280 g/mol. The van der Waals surface area contributed by atoms with Gasteiger partial charge in [0.1, 0.15) is 5.75 Å². The number of nitrogens with one attached hydrogen (secondary N) is 2. The Hall–Kier alpha value is -2.57. The van der Waals surface area contributed by atoms with E-state index >= 15 is 0 Å². The zero-order valence-corrected chi connectivity index (χ0v) is 11.3. The van der Waals surface area contributed by atoms with Gasteiger partial charge in [-0.3, -0.25) is 20.4 Å². The predicted molar refractivity (Wildman–Crippen MR) is 69.9 cm³/mol. The maximum atomic E-state index is 11.4. The van der Waals surface area contributed by atoms with Gasteiger partial charge in [-0.25, -0.2) is 4.79 Å². The summed E-state index contributed by atoms with van der Waals surface area (Å²) in [4.78, 5) is 33.2. The molecule has 7 nitrogen and oxygen atoms in total. The van der Waals surface area contributed by atoms with E-state index in [1.165, 1.54) is 6.92 Å². The lowest BCUT2D eigenvalue weighted by atomic mass is 10.2. The molecule has 0 heterocycles. The van der Waals surface area contributed by atoms with E-state index in [0.29, 0.717) is 17.9 Å². The number of amides is 2. The molecule has 0 unspecified atom stereocenters. The standard InChI is InChI=1S/C13H16N2O5/c1-3-19-13(18)10-4-6-11(7-5-10)20-8-12(17)15-14-9(2)16/h4-7H,3,8H2,1-2H3,(H,14,16)(H,15,17). The van der Waals surface area contributed by atoms with Gasteiger partial charge >= 0.3 is 5.97 Å². The third-order valence-electron chi connectivity index (χ3n) is 2.11. The molecule has 0 aliphatic heterocycles. The van der Waals surface area contributed by atoms with E-state index in [4.69, 9.17) is 9.47 Å². The smallest absolute Gasteiger partial charge is 0.338 e. The quantitative estimate of drug-likeness (QED) is 0.602. The topological polar surface area (TPSA) is 93.7 Å². The zero-order valence-electron chi connectivity index (χ0n) is 11.3. The van der Waals surface area contributed by atoms with Crippen molar-refractivity contribution in [1.82, 2.24) is 10.9 Å². The van der Waals surface area contributed by atoms with Crippen LogP contribution in [0.25, 0.3) is 0 Å². The van der Waals surface area contributed by atoms with Crippen LogP contribution in [0.4, 0.5) is 0 Å². The predicted octanol–water partition coefficient (Wildman–Crippen LogP) is 0.409. The van der Waals surface area contributed by atoms with Crippen molar-refractivity contribution in [1.29, 1.82) is 0 Å². The van der Waals surface area contributed by atoms with Crippen LogP contribution >= 0.6 is 0 Å². The molecule has 0 aliphatic rings. The molecule has 7 heteroatoms. The van der Waals surface area contributed by atoms with Crippen molar-refractivity contribution in [3.8, 4) is 5.75 Å². The molecule has 0 radical (unpaired) electrons. The Morgan fingerprint density at radius 3 is 2.30 bits per heavy atom. The average Bonchev–Trinajstić information content (AvgIpc) is 2.43. The summed E-state index contributed by atoms with van der Waals surface area (Å²) in [6.07, 6.45) is 0. The maximum absolute atomic E-state index is 11.4. The summed E-state index contributed by atoms with van der Waals surface area (Å²) in [7, 11) is 0. The Balaban J connectivity index is 2.43. The van der Waals surface area contributed by atoms with Gasteiger partial charge in [0.25, 0.3) is 5.91 Å². The molecular weight excluding hydrogens is 264 g/mol. The Kier molecular flexibility index (Phi) is 6.02. The van der Waals surface area contributed by atoms with Crippen LogP contribution in [0.1, 0.15) is 24.2 Å². The third-order valence-corrected chi connectivity index (χ3v) is 2.11. The van der Waals surface area contributed by atoms with E-state index in [9.17, 15) is 14.4 Å². The van der Waals surface area contributed by atoms with Gasteiger partial charge in [0.05, 0.1) is 12.2 Å². The molecule has 108 valence electrons. The maximum Gasteiger partial charge on any atom is 0.338 e. The van der Waals surface area contributed by atoms with E-state index in [0.717, 1.165) is 0 Å². The molecule has 2 N–H and O–H groups in total. The van der Waals surface area contributed by atoms with Crippen LogP contribution in [0.5, 0.6) is 5.75 Å². The number of carbonyl (C=O) groups excluding carboxylic acids is 3. The molecule has 2 amide bonds. The van der Waals surface area contributed by atoms with Gasteiger partial charge in [0.15, 0.2) is 6.61 Å².